The first-order valence-electron chi connectivity index (χ1n) is 5.70. The SMILES string of the molecule is COc1cc(C)ccc1Oc1cccc(CCl)c1. The molecule has 0 aliphatic carbocycles. The smallest absolute Gasteiger partial charge is 0.169 e. The van der Waals surface area contributed by atoms with Gasteiger partial charge in [0.25, 0.3) is 0 Å². The molecule has 0 aliphatic rings. The van der Waals surface area contributed by atoms with Gasteiger partial charge in [0.1, 0.15) is 5.75 Å². The van der Waals surface area contributed by atoms with Crippen LogP contribution in [-0.2, 0) is 5.88 Å². The number of methoxy groups -OCH3 is 1. The minimum Gasteiger partial charge on any atom is -0.493 e. The second kappa shape index (κ2) is 5.78. The van der Waals surface area contributed by atoms with Gasteiger partial charge in [-0.1, -0.05) is 18.2 Å². The Bertz CT molecular complexity index is 538. The third-order valence-electron chi connectivity index (χ3n) is 2.60. The van der Waals surface area contributed by atoms with Crippen molar-refractivity contribution >= 4 is 11.6 Å². The first kappa shape index (κ1) is 12.8. The highest BCUT2D eigenvalue weighted by molar-refractivity contribution is 6.17. The van der Waals surface area contributed by atoms with Gasteiger partial charge in [-0.25, -0.2) is 0 Å². The van der Waals surface area contributed by atoms with E-state index in [4.69, 9.17) is 21.1 Å². The van der Waals surface area contributed by atoms with Crippen LogP contribution >= 0.6 is 11.6 Å². The fourth-order valence-corrected chi connectivity index (χ4v) is 1.84. The molecule has 0 heterocycles. The maximum Gasteiger partial charge on any atom is 0.169 e. The first-order chi connectivity index (χ1) is 8.72. The highest BCUT2D eigenvalue weighted by atomic mass is 35.5. The van der Waals surface area contributed by atoms with Crippen molar-refractivity contribution in [2.45, 2.75) is 12.8 Å². The highest BCUT2D eigenvalue weighted by Gasteiger charge is 2.06. The molecule has 0 saturated heterocycles. The van der Waals surface area contributed by atoms with Crippen LogP contribution < -0.4 is 9.47 Å². The number of hydrogen-bond acceptors (Lipinski definition) is 2. The average molecular weight is 263 g/mol. The van der Waals surface area contributed by atoms with E-state index in [9.17, 15) is 0 Å². The van der Waals surface area contributed by atoms with E-state index in [0.29, 0.717) is 11.6 Å². The maximum atomic E-state index is 5.81. The van der Waals surface area contributed by atoms with E-state index in [2.05, 4.69) is 0 Å². The van der Waals surface area contributed by atoms with Gasteiger partial charge in [0.05, 0.1) is 7.11 Å². The average Bonchev–Trinajstić information content (AvgIpc) is 2.41. The normalized spacial score (nSPS) is 10.2. The van der Waals surface area contributed by atoms with Crippen LogP contribution in [-0.4, -0.2) is 7.11 Å². The number of benzene rings is 2. The molecule has 94 valence electrons. The fourth-order valence-electron chi connectivity index (χ4n) is 1.68. The van der Waals surface area contributed by atoms with Crippen LogP contribution in [0.4, 0.5) is 0 Å². The molecule has 3 heteroatoms. The number of rotatable bonds is 4. The van der Waals surface area contributed by atoms with Crippen molar-refractivity contribution < 1.29 is 9.47 Å². The Labute approximate surface area is 112 Å². The van der Waals surface area contributed by atoms with Crippen LogP contribution in [0.5, 0.6) is 17.2 Å². The lowest BCUT2D eigenvalue weighted by atomic mass is 10.2. The molecule has 0 aromatic heterocycles. The molecule has 0 N–H and O–H groups in total. The van der Waals surface area contributed by atoms with Crippen molar-refractivity contribution in [1.29, 1.82) is 0 Å². The van der Waals surface area contributed by atoms with Gasteiger partial charge in [0, 0.05) is 5.88 Å². The third kappa shape index (κ3) is 2.96. The topological polar surface area (TPSA) is 18.5 Å². The van der Waals surface area contributed by atoms with Gasteiger partial charge in [0.15, 0.2) is 11.5 Å². The Morgan fingerprint density at radius 2 is 1.89 bits per heavy atom. The number of alkyl halides is 1. The van der Waals surface area contributed by atoms with Crippen LogP contribution in [0.25, 0.3) is 0 Å². The molecule has 2 nitrogen and oxygen atoms in total. The molecule has 0 aliphatic heterocycles. The second-order valence-corrected chi connectivity index (χ2v) is 4.30. The zero-order chi connectivity index (χ0) is 13.0. The summed E-state index contributed by atoms with van der Waals surface area (Å²) in [7, 11) is 1.64. The Kier molecular flexibility index (Phi) is 4.11. The van der Waals surface area contributed by atoms with Crippen LogP contribution in [0, 0.1) is 6.92 Å². The Morgan fingerprint density at radius 1 is 1.06 bits per heavy atom. The molecule has 2 aromatic carbocycles. The molecule has 0 saturated carbocycles. The summed E-state index contributed by atoms with van der Waals surface area (Å²) in [5.74, 6) is 2.67. The molecule has 0 unspecified atom stereocenters. The molecule has 0 bridgehead atoms. The number of aryl methyl sites for hydroxylation is 1. The van der Waals surface area contributed by atoms with Gasteiger partial charge < -0.3 is 9.47 Å². The highest BCUT2D eigenvalue weighted by Crippen LogP contribution is 2.32. The van der Waals surface area contributed by atoms with Gasteiger partial charge in [-0.3, -0.25) is 0 Å². The van der Waals surface area contributed by atoms with E-state index in [1.165, 1.54) is 0 Å². The summed E-state index contributed by atoms with van der Waals surface area (Å²) in [4.78, 5) is 0. The lowest BCUT2D eigenvalue weighted by Gasteiger charge is -2.11. The maximum absolute atomic E-state index is 5.81. The van der Waals surface area contributed by atoms with E-state index < -0.39 is 0 Å². The zero-order valence-corrected chi connectivity index (χ0v) is 11.2. The summed E-state index contributed by atoms with van der Waals surface area (Å²) in [6.07, 6.45) is 0. The van der Waals surface area contributed by atoms with E-state index in [0.717, 1.165) is 22.6 Å². The lowest BCUT2D eigenvalue weighted by Crippen LogP contribution is -1.91. The predicted molar refractivity (Wildman–Crippen MR) is 73.8 cm³/mol. The van der Waals surface area contributed by atoms with Gasteiger partial charge in [0.2, 0.25) is 0 Å². The molecule has 18 heavy (non-hydrogen) atoms. The van der Waals surface area contributed by atoms with Crippen molar-refractivity contribution in [2.75, 3.05) is 7.11 Å². The van der Waals surface area contributed by atoms with Crippen LogP contribution in [0.3, 0.4) is 0 Å². The third-order valence-corrected chi connectivity index (χ3v) is 2.91. The van der Waals surface area contributed by atoms with Crippen molar-refractivity contribution in [3.05, 3.63) is 53.6 Å². The molecule has 0 radical (unpaired) electrons. The Balaban J connectivity index is 2.27. The number of ether oxygens (including phenoxy) is 2. The molecule has 0 amide bonds. The molecular formula is C15H15ClO2. The largest absolute Gasteiger partial charge is 0.493 e. The number of halogens is 1. The first-order valence-corrected chi connectivity index (χ1v) is 6.24. The molecule has 0 atom stereocenters. The summed E-state index contributed by atoms with van der Waals surface area (Å²) in [6, 6.07) is 13.5. The standard InChI is InChI=1S/C15H15ClO2/c1-11-6-7-14(15(8-11)17-2)18-13-5-3-4-12(9-13)10-16/h3-9H,10H2,1-2H3. The van der Waals surface area contributed by atoms with Crippen molar-refractivity contribution in [3.8, 4) is 17.2 Å². The predicted octanol–water partition coefficient (Wildman–Crippen LogP) is 4.53. The monoisotopic (exact) mass is 262 g/mol. The molecule has 0 spiro atoms. The molecular weight excluding hydrogens is 248 g/mol. The van der Waals surface area contributed by atoms with Crippen molar-refractivity contribution in [2.24, 2.45) is 0 Å². The molecule has 0 fully saturated rings. The van der Waals surface area contributed by atoms with E-state index in [1.54, 1.807) is 7.11 Å². The minimum atomic E-state index is 0.474. The van der Waals surface area contributed by atoms with Crippen LogP contribution in [0.1, 0.15) is 11.1 Å². The second-order valence-electron chi connectivity index (χ2n) is 4.04. The summed E-state index contributed by atoms with van der Waals surface area (Å²) in [5.41, 5.74) is 2.16. The van der Waals surface area contributed by atoms with Gasteiger partial charge in [-0.05, 0) is 42.3 Å². The Hall–Kier alpha value is -1.67. The van der Waals surface area contributed by atoms with Crippen molar-refractivity contribution in [3.63, 3.8) is 0 Å². The van der Waals surface area contributed by atoms with Crippen LogP contribution in [0.15, 0.2) is 42.5 Å². The van der Waals surface area contributed by atoms with E-state index in [-0.39, 0.29) is 0 Å². The molecule has 2 rings (SSSR count). The Morgan fingerprint density at radius 3 is 2.61 bits per heavy atom. The number of hydrogen-bond donors (Lipinski definition) is 0. The minimum absolute atomic E-state index is 0.474. The molecule has 2 aromatic rings. The van der Waals surface area contributed by atoms with Gasteiger partial charge in [-0.2, -0.15) is 0 Å². The fraction of sp³-hybridized carbons (Fsp3) is 0.200. The summed E-state index contributed by atoms with van der Waals surface area (Å²) in [6.45, 7) is 2.01. The quantitative estimate of drug-likeness (QED) is 0.754. The van der Waals surface area contributed by atoms with Crippen molar-refractivity contribution in [1.82, 2.24) is 0 Å². The summed E-state index contributed by atoms with van der Waals surface area (Å²) in [5, 5.41) is 0. The van der Waals surface area contributed by atoms with E-state index in [1.807, 2.05) is 49.4 Å². The van der Waals surface area contributed by atoms with Gasteiger partial charge >= 0.3 is 0 Å². The summed E-state index contributed by atoms with van der Waals surface area (Å²) >= 11 is 5.80. The van der Waals surface area contributed by atoms with Crippen LogP contribution in [0.2, 0.25) is 0 Å². The van der Waals surface area contributed by atoms with Gasteiger partial charge in [-0.15, -0.1) is 11.6 Å². The van der Waals surface area contributed by atoms with E-state index >= 15 is 0 Å². The lowest BCUT2D eigenvalue weighted by molar-refractivity contribution is 0.378. The zero-order valence-electron chi connectivity index (χ0n) is 10.4. The summed E-state index contributed by atoms with van der Waals surface area (Å²) < 4.78 is 11.1.